The molecule has 0 aromatic carbocycles. The number of ether oxygens (including phenoxy) is 4. The summed E-state index contributed by atoms with van der Waals surface area (Å²) in [5, 5.41) is 10.5. The van der Waals surface area contributed by atoms with Crippen LogP contribution in [0.2, 0.25) is 0 Å². The molecule has 0 aromatic rings. The molecule has 0 aromatic heterocycles. The van der Waals surface area contributed by atoms with E-state index in [9.17, 15) is 43.2 Å². The molecule has 0 amide bonds. The van der Waals surface area contributed by atoms with Crippen molar-refractivity contribution in [3.63, 3.8) is 0 Å². The summed E-state index contributed by atoms with van der Waals surface area (Å²) in [7, 11) is -9.89. The Kier molecular flexibility index (Phi) is 56.2. The second-order valence-corrected chi connectivity index (χ2v) is 27.4. The van der Waals surface area contributed by atoms with Gasteiger partial charge in [-0.3, -0.25) is 37.3 Å². The van der Waals surface area contributed by atoms with E-state index in [1.165, 1.54) is 135 Å². The number of phosphoric ester groups is 2. The second-order valence-electron chi connectivity index (χ2n) is 24.5. The van der Waals surface area contributed by atoms with E-state index in [1.807, 2.05) is 0 Å². The normalized spacial score (nSPS) is 14.3. The number of phosphoric acid groups is 2. The van der Waals surface area contributed by atoms with Crippen LogP contribution in [0.5, 0.6) is 0 Å². The molecule has 0 aliphatic carbocycles. The van der Waals surface area contributed by atoms with Gasteiger partial charge in [0.25, 0.3) is 0 Å². The Morgan fingerprint density at radius 1 is 0.321 bits per heavy atom. The minimum atomic E-state index is -4.95. The van der Waals surface area contributed by atoms with E-state index in [-0.39, 0.29) is 25.7 Å². The molecule has 5 atom stereocenters. The van der Waals surface area contributed by atoms with Gasteiger partial charge in [0.15, 0.2) is 12.2 Å². The molecule has 0 aliphatic rings. The van der Waals surface area contributed by atoms with Gasteiger partial charge in [-0.25, -0.2) is 9.13 Å². The van der Waals surface area contributed by atoms with Crippen molar-refractivity contribution in [2.45, 2.75) is 342 Å². The summed E-state index contributed by atoms with van der Waals surface area (Å²) in [6.45, 7) is 9.38. The van der Waals surface area contributed by atoms with Crippen LogP contribution in [0.25, 0.3) is 0 Å². The molecule has 0 rings (SSSR count). The van der Waals surface area contributed by atoms with Crippen molar-refractivity contribution < 1.29 is 80.2 Å². The van der Waals surface area contributed by atoms with Crippen molar-refractivity contribution in [3.05, 3.63) is 0 Å². The highest BCUT2D eigenvalue weighted by Crippen LogP contribution is 2.45. The number of aliphatic hydroxyl groups is 1. The summed E-state index contributed by atoms with van der Waals surface area (Å²) in [6.07, 6.45) is 40.5. The summed E-state index contributed by atoms with van der Waals surface area (Å²) in [6, 6.07) is 0. The van der Waals surface area contributed by atoms with Gasteiger partial charge < -0.3 is 33.8 Å². The van der Waals surface area contributed by atoms with Crippen molar-refractivity contribution in [2.24, 2.45) is 11.8 Å². The van der Waals surface area contributed by atoms with Crippen LogP contribution in [0.3, 0.4) is 0 Å². The van der Waals surface area contributed by atoms with Crippen LogP contribution in [-0.4, -0.2) is 96.7 Å². The van der Waals surface area contributed by atoms with Gasteiger partial charge in [0.2, 0.25) is 0 Å². The van der Waals surface area contributed by atoms with E-state index in [4.69, 9.17) is 37.0 Å². The van der Waals surface area contributed by atoms with E-state index in [0.717, 1.165) is 102 Å². The number of unbranched alkanes of at least 4 members (excludes halogenated alkanes) is 34. The highest BCUT2D eigenvalue weighted by atomic mass is 31.2. The molecule has 0 radical (unpaired) electrons. The van der Waals surface area contributed by atoms with Crippen molar-refractivity contribution in [3.8, 4) is 0 Å². The van der Waals surface area contributed by atoms with Crippen molar-refractivity contribution in [1.29, 1.82) is 0 Å². The third kappa shape index (κ3) is 59.0. The van der Waals surface area contributed by atoms with E-state index in [1.54, 1.807) is 0 Å². The Balaban J connectivity index is 5.22. The first kappa shape index (κ1) is 82.1. The molecule has 0 saturated carbocycles. The first-order valence-electron chi connectivity index (χ1n) is 34.0. The number of esters is 4. The zero-order chi connectivity index (χ0) is 62.2. The molecule has 84 heavy (non-hydrogen) atoms. The summed E-state index contributed by atoms with van der Waals surface area (Å²) < 4.78 is 68.0. The Morgan fingerprint density at radius 3 is 0.810 bits per heavy atom. The lowest BCUT2D eigenvalue weighted by Crippen LogP contribution is -2.30. The number of hydrogen-bond acceptors (Lipinski definition) is 15. The molecule has 498 valence electrons. The smallest absolute Gasteiger partial charge is 0.462 e. The SMILES string of the molecule is CCCCCCCCCCCCCCCCC(=O)O[C@H](COC(=O)CCCCCCCCCCCCC(C)C)COP(=O)(O)OC[C@@H](O)COP(=O)(O)OC[C@@H](COC(=O)CCCCCCCCCC)OC(=O)CCCCCCCCC(C)C. The summed E-state index contributed by atoms with van der Waals surface area (Å²) in [5.74, 6) is -0.709. The molecule has 0 heterocycles. The van der Waals surface area contributed by atoms with Gasteiger partial charge >= 0.3 is 39.5 Å². The number of carbonyl (C=O) groups excluding carboxylic acids is 4. The molecule has 2 unspecified atom stereocenters. The molecular weight excluding hydrogens is 1110 g/mol. The lowest BCUT2D eigenvalue weighted by Gasteiger charge is -2.21. The minimum absolute atomic E-state index is 0.102. The van der Waals surface area contributed by atoms with Crippen LogP contribution in [0.1, 0.15) is 324 Å². The van der Waals surface area contributed by atoms with Crippen molar-refractivity contribution >= 4 is 39.5 Å². The Morgan fingerprint density at radius 2 is 0.548 bits per heavy atom. The maximum atomic E-state index is 13.0. The van der Waals surface area contributed by atoms with Crippen molar-refractivity contribution in [2.75, 3.05) is 39.6 Å². The fourth-order valence-corrected chi connectivity index (χ4v) is 11.3. The van der Waals surface area contributed by atoms with Gasteiger partial charge in [-0.15, -0.1) is 0 Å². The fourth-order valence-electron chi connectivity index (χ4n) is 9.71. The Labute approximate surface area is 511 Å². The highest BCUT2D eigenvalue weighted by molar-refractivity contribution is 7.47. The minimum Gasteiger partial charge on any atom is -0.462 e. The molecule has 3 N–H and O–H groups in total. The fraction of sp³-hybridized carbons (Fsp3) is 0.938. The van der Waals surface area contributed by atoms with Crippen LogP contribution < -0.4 is 0 Å². The molecule has 0 aliphatic heterocycles. The molecular formula is C65H126O17P2. The van der Waals surface area contributed by atoms with Crippen LogP contribution >= 0.6 is 15.6 Å². The monoisotopic (exact) mass is 1240 g/mol. The zero-order valence-corrected chi connectivity index (χ0v) is 56.0. The number of carbonyl (C=O) groups is 4. The summed E-state index contributed by atoms with van der Waals surface area (Å²) in [5.41, 5.74) is 0. The summed E-state index contributed by atoms with van der Waals surface area (Å²) in [4.78, 5) is 72.2. The average molecular weight is 1240 g/mol. The molecule has 17 nitrogen and oxygen atoms in total. The van der Waals surface area contributed by atoms with Gasteiger partial charge in [0.1, 0.15) is 19.3 Å². The predicted molar refractivity (Wildman–Crippen MR) is 335 cm³/mol. The van der Waals surface area contributed by atoms with Gasteiger partial charge in [0.05, 0.1) is 26.4 Å². The third-order valence-electron chi connectivity index (χ3n) is 15.0. The van der Waals surface area contributed by atoms with Crippen LogP contribution in [-0.2, 0) is 65.4 Å². The molecule has 0 spiro atoms. The molecule has 0 fully saturated rings. The van der Waals surface area contributed by atoms with Gasteiger partial charge in [-0.2, -0.15) is 0 Å². The quantitative estimate of drug-likeness (QED) is 0.0222. The second kappa shape index (κ2) is 57.5. The largest absolute Gasteiger partial charge is 0.472 e. The number of rotatable bonds is 64. The average Bonchev–Trinajstić information content (AvgIpc) is 3.52. The van der Waals surface area contributed by atoms with Crippen molar-refractivity contribution in [1.82, 2.24) is 0 Å². The Hall–Kier alpha value is -1.94. The molecule has 19 heteroatoms. The van der Waals surface area contributed by atoms with Gasteiger partial charge in [-0.05, 0) is 37.5 Å². The van der Waals surface area contributed by atoms with E-state index >= 15 is 0 Å². The third-order valence-corrected chi connectivity index (χ3v) is 16.9. The van der Waals surface area contributed by atoms with Crippen LogP contribution in [0.15, 0.2) is 0 Å². The zero-order valence-electron chi connectivity index (χ0n) is 54.2. The van der Waals surface area contributed by atoms with Crippen LogP contribution in [0, 0.1) is 11.8 Å². The van der Waals surface area contributed by atoms with Crippen LogP contribution in [0.4, 0.5) is 0 Å². The van der Waals surface area contributed by atoms with E-state index < -0.39 is 97.5 Å². The molecule has 0 bridgehead atoms. The Bertz CT molecular complexity index is 1650. The topological polar surface area (TPSA) is 237 Å². The first-order valence-corrected chi connectivity index (χ1v) is 37.0. The standard InChI is InChI=1S/C65H126O17P2/c1-7-9-11-13-15-17-18-19-20-21-26-30-37-43-49-64(69)81-60(53-76-63(68)48-42-36-29-25-23-22-24-27-33-39-45-57(3)4)55-79-83(71,72)77-51-59(66)52-78-84(73,74)80-56-61(54-75-62(67)47-41-35-28-16-14-12-10-8-2)82-65(70)50-44-38-32-31-34-40-46-58(5)6/h57-61,66H,7-56H2,1-6H3,(H,71,72)(H,73,74)/t59-,60-,61-/m1/s1. The van der Waals surface area contributed by atoms with E-state index in [0.29, 0.717) is 31.6 Å². The number of hydrogen-bond donors (Lipinski definition) is 3. The predicted octanol–water partition coefficient (Wildman–Crippen LogP) is 18.0. The molecule has 0 saturated heterocycles. The maximum Gasteiger partial charge on any atom is 0.472 e. The maximum absolute atomic E-state index is 13.0. The highest BCUT2D eigenvalue weighted by Gasteiger charge is 2.30. The van der Waals surface area contributed by atoms with Gasteiger partial charge in [0, 0.05) is 25.7 Å². The number of aliphatic hydroxyl groups excluding tert-OH is 1. The lowest BCUT2D eigenvalue weighted by molar-refractivity contribution is -0.161. The van der Waals surface area contributed by atoms with Gasteiger partial charge in [-0.1, -0.05) is 273 Å². The first-order chi connectivity index (χ1) is 40.4. The van der Waals surface area contributed by atoms with E-state index in [2.05, 4.69) is 41.5 Å². The summed E-state index contributed by atoms with van der Waals surface area (Å²) >= 11 is 0. The lowest BCUT2D eigenvalue weighted by atomic mass is 10.0.